The molecule has 0 unspecified atom stereocenters. The molecule has 0 radical (unpaired) electrons. The van der Waals surface area contributed by atoms with Gasteiger partial charge in [0.05, 0.1) is 5.69 Å². The minimum absolute atomic E-state index is 0.0176. The largest absolute Gasteiger partial charge is 0.332 e. The van der Waals surface area contributed by atoms with Crippen LogP contribution in [-0.2, 0) is 14.1 Å². The summed E-state index contributed by atoms with van der Waals surface area (Å²) >= 11 is 3.34. The van der Waals surface area contributed by atoms with Crippen molar-refractivity contribution >= 4 is 38.6 Å². The van der Waals surface area contributed by atoms with Crippen molar-refractivity contribution < 1.29 is 4.79 Å². The van der Waals surface area contributed by atoms with Crippen LogP contribution in [0.15, 0.2) is 44.5 Å². The SMILES string of the molecule is CC(C)c1cnc2c(c1NC(=O)c1ccc(Br)cc1)c(=O)n(C)c(=O)n2C. The molecule has 2 aromatic heterocycles. The van der Waals surface area contributed by atoms with Crippen LogP contribution in [0.3, 0.4) is 0 Å². The van der Waals surface area contributed by atoms with Gasteiger partial charge in [-0.15, -0.1) is 0 Å². The molecule has 0 saturated carbocycles. The zero-order valence-corrected chi connectivity index (χ0v) is 17.0. The molecule has 27 heavy (non-hydrogen) atoms. The predicted molar refractivity (Wildman–Crippen MR) is 108 cm³/mol. The Bertz CT molecular complexity index is 1160. The zero-order valence-electron chi connectivity index (χ0n) is 15.4. The van der Waals surface area contributed by atoms with Crippen molar-refractivity contribution in [3.8, 4) is 0 Å². The topological polar surface area (TPSA) is 86.0 Å². The Morgan fingerprint density at radius 2 is 1.74 bits per heavy atom. The molecule has 0 bridgehead atoms. The molecule has 3 aromatic rings. The van der Waals surface area contributed by atoms with Gasteiger partial charge in [0.2, 0.25) is 0 Å². The van der Waals surface area contributed by atoms with E-state index >= 15 is 0 Å². The number of pyridine rings is 1. The number of carbonyl (C=O) groups is 1. The lowest BCUT2D eigenvalue weighted by Gasteiger charge is -2.17. The van der Waals surface area contributed by atoms with E-state index in [4.69, 9.17) is 0 Å². The molecule has 7 nitrogen and oxygen atoms in total. The van der Waals surface area contributed by atoms with Crippen molar-refractivity contribution in [1.82, 2.24) is 14.1 Å². The van der Waals surface area contributed by atoms with E-state index in [1.807, 2.05) is 13.8 Å². The third kappa shape index (κ3) is 3.32. The molecular formula is C19H19BrN4O3. The monoisotopic (exact) mass is 430 g/mol. The summed E-state index contributed by atoms with van der Waals surface area (Å²) in [6, 6.07) is 6.91. The third-order valence-corrected chi connectivity index (χ3v) is 4.99. The Labute approximate surface area is 163 Å². The molecule has 0 spiro atoms. The first-order valence-corrected chi connectivity index (χ1v) is 9.17. The van der Waals surface area contributed by atoms with Crippen LogP contribution in [0, 0.1) is 0 Å². The number of aryl methyl sites for hydroxylation is 1. The molecule has 140 valence electrons. The molecule has 3 rings (SSSR count). The Morgan fingerprint density at radius 3 is 2.33 bits per heavy atom. The Kier molecular flexibility index (Phi) is 5.01. The minimum Gasteiger partial charge on any atom is -0.321 e. The second-order valence-corrected chi connectivity index (χ2v) is 7.52. The zero-order chi connectivity index (χ0) is 19.9. The summed E-state index contributed by atoms with van der Waals surface area (Å²) < 4.78 is 3.18. The third-order valence-electron chi connectivity index (χ3n) is 4.47. The van der Waals surface area contributed by atoms with Gasteiger partial charge < -0.3 is 5.32 Å². The molecule has 0 aliphatic carbocycles. The quantitative estimate of drug-likeness (QED) is 0.691. The normalized spacial score (nSPS) is 11.2. The number of anilines is 1. The first-order chi connectivity index (χ1) is 12.7. The Balaban J connectivity index is 2.27. The van der Waals surface area contributed by atoms with E-state index in [-0.39, 0.29) is 22.9 Å². The summed E-state index contributed by atoms with van der Waals surface area (Å²) in [6.45, 7) is 3.90. The molecule has 1 aromatic carbocycles. The summed E-state index contributed by atoms with van der Waals surface area (Å²) in [5, 5.41) is 3.08. The van der Waals surface area contributed by atoms with Gasteiger partial charge in [0, 0.05) is 30.3 Å². The maximum absolute atomic E-state index is 12.8. The van der Waals surface area contributed by atoms with E-state index in [0.29, 0.717) is 11.3 Å². The Morgan fingerprint density at radius 1 is 1.11 bits per heavy atom. The van der Waals surface area contributed by atoms with Gasteiger partial charge in [-0.05, 0) is 35.7 Å². The second-order valence-electron chi connectivity index (χ2n) is 6.61. The molecular weight excluding hydrogens is 412 g/mol. The molecule has 0 fully saturated rings. The number of aromatic nitrogens is 3. The van der Waals surface area contributed by atoms with Gasteiger partial charge in [-0.1, -0.05) is 29.8 Å². The van der Waals surface area contributed by atoms with Crippen LogP contribution in [-0.4, -0.2) is 20.0 Å². The summed E-state index contributed by atoms with van der Waals surface area (Å²) in [6.07, 6.45) is 1.60. The number of nitrogens with zero attached hydrogens (tertiary/aromatic N) is 3. The number of nitrogens with one attached hydrogen (secondary N) is 1. The fourth-order valence-electron chi connectivity index (χ4n) is 2.90. The average Bonchev–Trinajstić information content (AvgIpc) is 2.64. The van der Waals surface area contributed by atoms with E-state index < -0.39 is 11.2 Å². The van der Waals surface area contributed by atoms with Crippen LogP contribution in [0.2, 0.25) is 0 Å². The number of benzene rings is 1. The van der Waals surface area contributed by atoms with Crippen molar-refractivity contribution in [2.24, 2.45) is 14.1 Å². The first-order valence-electron chi connectivity index (χ1n) is 8.38. The highest BCUT2D eigenvalue weighted by Crippen LogP contribution is 2.29. The van der Waals surface area contributed by atoms with E-state index in [2.05, 4.69) is 26.2 Å². The fourth-order valence-corrected chi connectivity index (χ4v) is 3.17. The van der Waals surface area contributed by atoms with Crippen molar-refractivity contribution in [3.05, 3.63) is 66.9 Å². The van der Waals surface area contributed by atoms with Gasteiger partial charge in [0.1, 0.15) is 5.39 Å². The standard InChI is InChI=1S/C19H19BrN4O3/c1-10(2)13-9-21-16-14(18(26)24(4)19(27)23(16)3)15(13)22-17(25)11-5-7-12(20)8-6-11/h5-10H,1-4H3,(H,21,22,25). The fraction of sp³-hybridized carbons (Fsp3) is 0.263. The van der Waals surface area contributed by atoms with Crippen LogP contribution < -0.4 is 16.6 Å². The van der Waals surface area contributed by atoms with Gasteiger partial charge in [0.25, 0.3) is 11.5 Å². The number of carbonyl (C=O) groups excluding carboxylic acids is 1. The van der Waals surface area contributed by atoms with Crippen LogP contribution in [0.1, 0.15) is 35.7 Å². The lowest BCUT2D eigenvalue weighted by atomic mass is 10.0. The van der Waals surface area contributed by atoms with Gasteiger partial charge in [-0.2, -0.15) is 0 Å². The molecule has 0 aliphatic heterocycles. The van der Waals surface area contributed by atoms with E-state index in [9.17, 15) is 14.4 Å². The van der Waals surface area contributed by atoms with E-state index in [0.717, 1.165) is 14.6 Å². The maximum atomic E-state index is 12.8. The molecule has 2 heterocycles. The molecule has 1 amide bonds. The lowest BCUT2D eigenvalue weighted by Crippen LogP contribution is -2.38. The highest BCUT2D eigenvalue weighted by Gasteiger charge is 2.20. The summed E-state index contributed by atoms with van der Waals surface area (Å²) in [5.41, 5.74) is 0.845. The van der Waals surface area contributed by atoms with Gasteiger partial charge >= 0.3 is 5.69 Å². The summed E-state index contributed by atoms with van der Waals surface area (Å²) in [4.78, 5) is 42.1. The maximum Gasteiger partial charge on any atom is 0.332 e. The van der Waals surface area contributed by atoms with Crippen LogP contribution in [0.4, 0.5) is 5.69 Å². The molecule has 0 aliphatic rings. The number of fused-ring (bicyclic) bond motifs is 1. The molecule has 0 atom stereocenters. The summed E-state index contributed by atoms with van der Waals surface area (Å²) in [5.74, 6) is -0.322. The predicted octanol–water partition coefficient (Wildman–Crippen LogP) is 2.77. The second kappa shape index (κ2) is 7.11. The number of rotatable bonds is 3. The lowest BCUT2D eigenvalue weighted by molar-refractivity contribution is 0.102. The summed E-state index contributed by atoms with van der Waals surface area (Å²) in [7, 11) is 2.96. The first kappa shape index (κ1) is 19.0. The van der Waals surface area contributed by atoms with E-state index in [1.165, 1.54) is 11.6 Å². The van der Waals surface area contributed by atoms with Crippen LogP contribution in [0.5, 0.6) is 0 Å². The molecule has 0 saturated heterocycles. The van der Waals surface area contributed by atoms with Crippen molar-refractivity contribution in [3.63, 3.8) is 0 Å². The number of hydrogen-bond donors (Lipinski definition) is 1. The smallest absolute Gasteiger partial charge is 0.321 e. The van der Waals surface area contributed by atoms with Gasteiger partial charge in [0.15, 0.2) is 5.65 Å². The van der Waals surface area contributed by atoms with Crippen molar-refractivity contribution in [2.75, 3.05) is 5.32 Å². The average molecular weight is 431 g/mol. The van der Waals surface area contributed by atoms with Crippen LogP contribution in [0.25, 0.3) is 11.0 Å². The molecule has 1 N–H and O–H groups in total. The van der Waals surface area contributed by atoms with Crippen molar-refractivity contribution in [2.45, 2.75) is 19.8 Å². The molecule has 8 heteroatoms. The number of amides is 1. The number of hydrogen-bond acceptors (Lipinski definition) is 4. The van der Waals surface area contributed by atoms with Crippen molar-refractivity contribution in [1.29, 1.82) is 0 Å². The highest BCUT2D eigenvalue weighted by molar-refractivity contribution is 9.10. The van der Waals surface area contributed by atoms with Crippen LogP contribution >= 0.6 is 15.9 Å². The Hall–Kier alpha value is -2.74. The van der Waals surface area contributed by atoms with Gasteiger partial charge in [-0.25, -0.2) is 9.78 Å². The van der Waals surface area contributed by atoms with E-state index in [1.54, 1.807) is 37.5 Å². The highest BCUT2D eigenvalue weighted by atomic mass is 79.9. The number of halogens is 1. The minimum atomic E-state index is -0.491. The van der Waals surface area contributed by atoms with Gasteiger partial charge in [-0.3, -0.25) is 18.7 Å².